The summed E-state index contributed by atoms with van der Waals surface area (Å²) in [7, 11) is 0. The van der Waals surface area contributed by atoms with Gasteiger partial charge >= 0.3 is 17.9 Å². The lowest BCUT2D eigenvalue weighted by atomic mass is 9.86. The van der Waals surface area contributed by atoms with E-state index in [4.69, 9.17) is 0 Å². The van der Waals surface area contributed by atoms with Gasteiger partial charge in [-0.3, -0.25) is 34.0 Å². The molecule has 10 heteroatoms. The standard InChI is InChI=1S/C24H35N3O7/c1-16(2)21(28)11-10-20(24(33)34)27(13-17-7-5-6-12-25-17)19-9-4-3-8-18(19)26(14-22(29)30)15-23(31)32/h5-7,12,16,18-20H,3-4,8-11,13-15H2,1-2H3,(H,29,30)(H,31,32)(H,33,34)/t18-,19-,20?/m0/s1. The van der Waals surface area contributed by atoms with Crippen molar-refractivity contribution in [2.45, 2.75) is 77.0 Å². The molecule has 1 aliphatic carbocycles. The zero-order valence-electron chi connectivity index (χ0n) is 19.8. The molecular formula is C24H35N3O7. The maximum absolute atomic E-state index is 12.4. The molecule has 1 heterocycles. The predicted octanol–water partition coefficient (Wildman–Crippen LogP) is 2.12. The fourth-order valence-electron chi connectivity index (χ4n) is 4.68. The van der Waals surface area contributed by atoms with Crippen molar-refractivity contribution < 1.29 is 34.5 Å². The van der Waals surface area contributed by atoms with E-state index in [0.29, 0.717) is 18.5 Å². The monoisotopic (exact) mass is 477 g/mol. The summed E-state index contributed by atoms with van der Waals surface area (Å²) in [6.45, 7) is 2.85. The summed E-state index contributed by atoms with van der Waals surface area (Å²) in [6, 6.07) is 3.51. The molecule has 0 spiro atoms. The fraction of sp³-hybridized carbons (Fsp3) is 0.625. The number of hydrogen-bond donors (Lipinski definition) is 3. The molecule has 1 unspecified atom stereocenters. The Kier molecular flexibility index (Phi) is 10.6. The van der Waals surface area contributed by atoms with Crippen molar-refractivity contribution in [2.24, 2.45) is 5.92 Å². The van der Waals surface area contributed by atoms with Crippen molar-refractivity contribution in [3.05, 3.63) is 30.1 Å². The van der Waals surface area contributed by atoms with Crippen LogP contribution in [0.25, 0.3) is 0 Å². The largest absolute Gasteiger partial charge is 0.480 e. The van der Waals surface area contributed by atoms with Gasteiger partial charge in [-0.15, -0.1) is 0 Å². The minimum atomic E-state index is -1.14. The lowest BCUT2D eigenvalue weighted by Crippen LogP contribution is -2.59. The van der Waals surface area contributed by atoms with E-state index in [0.717, 1.165) is 12.8 Å². The van der Waals surface area contributed by atoms with Crippen LogP contribution >= 0.6 is 0 Å². The van der Waals surface area contributed by atoms with Crippen LogP contribution in [0, 0.1) is 5.92 Å². The number of carboxylic acid groups (broad SMARTS) is 3. The van der Waals surface area contributed by atoms with E-state index in [2.05, 4.69) is 4.98 Å². The van der Waals surface area contributed by atoms with Gasteiger partial charge < -0.3 is 15.3 Å². The Morgan fingerprint density at radius 2 is 1.62 bits per heavy atom. The second-order valence-corrected chi connectivity index (χ2v) is 9.12. The first-order valence-electron chi connectivity index (χ1n) is 11.7. The molecule has 0 amide bonds. The van der Waals surface area contributed by atoms with Crippen molar-refractivity contribution in [1.29, 1.82) is 0 Å². The van der Waals surface area contributed by atoms with Crippen LogP contribution in [0.4, 0.5) is 0 Å². The van der Waals surface area contributed by atoms with E-state index in [1.54, 1.807) is 43.1 Å². The summed E-state index contributed by atoms with van der Waals surface area (Å²) in [6.07, 6.45) is 4.59. The Morgan fingerprint density at radius 3 is 2.12 bits per heavy atom. The summed E-state index contributed by atoms with van der Waals surface area (Å²) in [4.78, 5) is 55.2. The first-order chi connectivity index (χ1) is 16.1. The fourth-order valence-corrected chi connectivity index (χ4v) is 4.68. The summed E-state index contributed by atoms with van der Waals surface area (Å²) in [5.41, 5.74) is 0.649. The third-order valence-electron chi connectivity index (χ3n) is 6.33. The molecule has 1 aromatic rings. The van der Waals surface area contributed by atoms with Crippen LogP contribution in [0.1, 0.15) is 58.1 Å². The maximum Gasteiger partial charge on any atom is 0.320 e. The number of carbonyl (C=O) groups is 4. The van der Waals surface area contributed by atoms with E-state index in [1.165, 1.54) is 4.90 Å². The highest BCUT2D eigenvalue weighted by Crippen LogP contribution is 2.31. The molecule has 10 nitrogen and oxygen atoms in total. The molecule has 2 rings (SSSR count). The minimum Gasteiger partial charge on any atom is -0.480 e. The number of pyridine rings is 1. The Labute approximate surface area is 199 Å². The number of aromatic nitrogens is 1. The molecule has 1 fully saturated rings. The molecule has 0 aromatic carbocycles. The molecule has 1 saturated carbocycles. The van der Waals surface area contributed by atoms with Crippen LogP contribution in [-0.2, 0) is 25.7 Å². The van der Waals surface area contributed by atoms with Crippen molar-refractivity contribution in [2.75, 3.05) is 13.1 Å². The van der Waals surface area contributed by atoms with E-state index < -0.39 is 49.1 Å². The first kappa shape index (κ1) is 27.4. The highest BCUT2D eigenvalue weighted by Gasteiger charge is 2.40. The van der Waals surface area contributed by atoms with Crippen LogP contribution in [-0.4, -0.2) is 85.0 Å². The zero-order valence-corrected chi connectivity index (χ0v) is 19.8. The van der Waals surface area contributed by atoms with Crippen molar-refractivity contribution in [1.82, 2.24) is 14.8 Å². The highest BCUT2D eigenvalue weighted by atomic mass is 16.4. The van der Waals surface area contributed by atoms with E-state index in [9.17, 15) is 34.5 Å². The molecule has 0 saturated heterocycles. The average molecular weight is 478 g/mol. The van der Waals surface area contributed by atoms with Gasteiger partial charge in [0.05, 0.1) is 18.8 Å². The normalized spacial score (nSPS) is 19.3. The van der Waals surface area contributed by atoms with Crippen LogP contribution in [0.5, 0.6) is 0 Å². The number of Topliss-reactive ketones (excluding diaryl/α,β-unsaturated/α-hetero) is 1. The lowest BCUT2D eigenvalue weighted by Gasteiger charge is -2.46. The van der Waals surface area contributed by atoms with Gasteiger partial charge in [0.2, 0.25) is 0 Å². The molecule has 0 aliphatic heterocycles. The van der Waals surface area contributed by atoms with E-state index in [-0.39, 0.29) is 31.1 Å². The molecule has 34 heavy (non-hydrogen) atoms. The molecule has 3 atom stereocenters. The summed E-state index contributed by atoms with van der Waals surface area (Å²) >= 11 is 0. The Hall–Kier alpha value is -2.85. The van der Waals surface area contributed by atoms with Gasteiger partial charge in [-0.1, -0.05) is 32.8 Å². The number of carbonyl (C=O) groups excluding carboxylic acids is 1. The van der Waals surface area contributed by atoms with Gasteiger partial charge in [0.1, 0.15) is 11.8 Å². The quantitative estimate of drug-likeness (QED) is 0.364. The Morgan fingerprint density at radius 1 is 1.00 bits per heavy atom. The molecule has 3 N–H and O–H groups in total. The zero-order chi connectivity index (χ0) is 25.3. The van der Waals surface area contributed by atoms with Gasteiger partial charge in [-0.2, -0.15) is 0 Å². The SMILES string of the molecule is CC(C)C(=O)CCC(C(=O)O)N(Cc1ccccn1)[C@H]1CCCC[C@@H]1N(CC(=O)O)CC(=O)O. The van der Waals surface area contributed by atoms with Crippen molar-refractivity contribution >= 4 is 23.7 Å². The third-order valence-corrected chi connectivity index (χ3v) is 6.33. The highest BCUT2D eigenvalue weighted by molar-refractivity contribution is 5.81. The molecule has 1 aliphatic rings. The molecular weight excluding hydrogens is 442 g/mol. The van der Waals surface area contributed by atoms with E-state index in [1.807, 2.05) is 0 Å². The topological polar surface area (TPSA) is 148 Å². The van der Waals surface area contributed by atoms with Gasteiger partial charge in [0, 0.05) is 37.2 Å². The number of nitrogens with zero attached hydrogens (tertiary/aromatic N) is 3. The maximum atomic E-state index is 12.4. The lowest BCUT2D eigenvalue weighted by molar-refractivity contribution is -0.150. The number of aliphatic carboxylic acids is 3. The minimum absolute atomic E-state index is 0.0254. The number of rotatable bonds is 14. The second kappa shape index (κ2) is 13.1. The van der Waals surface area contributed by atoms with Gasteiger partial charge in [0.25, 0.3) is 0 Å². The van der Waals surface area contributed by atoms with E-state index >= 15 is 0 Å². The van der Waals surface area contributed by atoms with Crippen molar-refractivity contribution in [3.63, 3.8) is 0 Å². The van der Waals surface area contributed by atoms with Crippen LogP contribution in [0.2, 0.25) is 0 Å². The molecule has 0 bridgehead atoms. The smallest absolute Gasteiger partial charge is 0.320 e. The molecule has 1 aromatic heterocycles. The second-order valence-electron chi connectivity index (χ2n) is 9.12. The van der Waals surface area contributed by atoms with Crippen molar-refractivity contribution in [3.8, 4) is 0 Å². The average Bonchev–Trinajstić information content (AvgIpc) is 2.77. The Balaban J connectivity index is 2.43. The molecule has 188 valence electrons. The molecule has 0 radical (unpaired) electrons. The number of ketones is 1. The summed E-state index contributed by atoms with van der Waals surface area (Å²) in [5, 5.41) is 28.9. The van der Waals surface area contributed by atoms with Gasteiger partial charge in [0.15, 0.2) is 0 Å². The first-order valence-corrected chi connectivity index (χ1v) is 11.7. The van der Waals surface area contributed by atoms with Gasteiger partial charge in [-0.25, -0.2) is 0 Å². The van der Waals surface area contributed by atoms with Crippen LogP contribution in [0.3, 0.4) is 0 Å². The predicted molar refractivity (Wildman–Crippen MR) is 123 cm³/mol. The Bertz CT molecular complexity index is 830. The summed E-state index contributed by atoms with van der Waals surface area (Å²) < 4.78 is 0. The number of carboxylic acids is 3. The summed E-state index contributed by atoms with van der Waals surface area (Å²) in [5.74, 6) is -3.58. The third kappa shape index (κ3) is 8.18. The number of hydrogen-bond acceptors (Lipinski definition) is 7. The van der Waals surface area contributed by atoms with Crippen LogP contribution in [0.15, 0.2) is 24.4 Å². The van der Waals surface area contributed by atoms with Crippen LogP contribution < -0.4 is 0 Å². The van der Waals surface area contributed by atoms with Gasteiger partial charge in [-0.05, 0) is 31.4 Å².